The predicted molar refractivity (Wildman–Crippen MR) is 79.8 cm³/mol. The van der Waals surface area contributed by atoms with Gasteiger partial charge >= 0.3 is 0 Å². The van der Waals surface area contributed by atoms with Gasteiger partial charge in [0.2, 0.25) is 0 Å². The number of methoxy groups -OCH3 is 1. The molecular formula is C14H20N2O2S. The van der Waals surface area contributed by atoms with Crippen LogP contribution in [0.15, 0.2) is 18.2 Å². The van der Waals surface area contributed by atoms with E-state index in [1.165, 1.54) is 19.3 Å². The second kappa shape index (κ2) is 5.74. The highest BCUT2D eigenvalue weighted by molar-refractivity contribution is 8.00. The van der Waals surface area contributed by atoms with Crippen LogP contribution in [0.5, 0.6) is 5.75 Å². The molecule has 0 unspecified atom stereocenters. The number of nitrogen functional groups attached to an aromatic ring is 1. The number of ether oxygens (including phenoxy) is 1. The SMILES string of the molecule is COc1cc(C(=O)NCC2(SC)CCC2)ccc1N. The van der Waals surface area contributed by atoms with E-state index in [9.17, 15) is 4.79 Å². The molecule has 1 aromatic rings. The number of carbonyl (C=O) groups is 1. The van der Waals surface area contributed by atoms with Gasteiger partial charge in [-0.1, -0.05) is 6.42 Å². The van der Waals surface area contributed by atoms with E-state index in [4.69, 9.17) is 10.5 Å². The van der Waals surface area contributed by atoms with Crippen molar-refractivity contribution < 1.29 is 9.53 Å². The average Bonchev–Trinajstić information content (AvgIpc) is 2.38. The number of amides is 1. The molecule has 0 atom stereocenters. The van der Waals surface area contributed by atoms with Gasteiger partial charge in [0.05, 0.1) is 12.8 Å². The molecule has 1 aliphatic rings. The van der Waals surface area contributed by atoms with Gasteiger partial charge < -0.3 is 15.8 Å². The molecule has 0 radical (unpaired) electrons. The third-order valence-electron chi connectivity index (χ3n) is 3.76. The lowest BCUT2D eigenvalue weighted by molar-refractivity contribution is 0.0943. The van der Waals surface area contributed by atoms with Gasteiger partial charge in [-0.3, -0.25) is 4.79 Å². The van der Waals surface area contributed by atoms with Crippen molar-refractivity contribution in [1.29, 1.82) is 0 Å². The second-order valence-corrected chi connectivity index (χ2v) is 6.15. The van der Waals surface area contributed by atoms with Gasteiger partial charge in [-0.05, 0) is 37.3 Å². The zero-order valence-corrected chi connectivity index (χ0v) is 12.2. The molecule has 1 aromatic carbocycles. The Bertz CT molecular complexity index is 467. The summed E-state index contributed by atoms with van der Waals surface area (Å²) in [6.45, 7) is 0.722. The molecule has 0 saturated heterocycles. The van der Waals surface area contributed by atoms with E-state index in [1.807, 2.05) is 11.8 Å². The minimum Gasteiger partial charge on any atom is -0.495 e. The topological polar surface area (TPSA) is 64.3 Å². The zero-order valence-electron chi connectivity index (χ0n) is 11.4. The summed E-state index contributed by atoms with van der Waals surface area (Å²) in [4.78, 5) is 12.1. The number of nitrogens with two attached hydrogens (primary N) is 1. The highest BCUT2D eigenvalue weighted by atomic mass is 32.2. The summed E-state index contributed by atoms with van der Waals surface area (Å²) in [7, 11) is 1.55. The maximum atomic E-state index is 12.1. The molecule has 5 heteroatoms. The van der Waals surface area contributed by atoms with Crippen LogP contribution < -0.4 is 15.8 Å². The van der Waals surface area contributed by atoms with Crippen LogP contribution in [0.4, 0.5) is 5.69 Å². The molecule has 0 heterocycles. The molecule has 0 aromatic heterocycles. The normalized spacial score (nSPS) is 16.5. The van der Waals surface area contributed by atoms with E-state index in [0.717, 1.165) is 6.54 Å². The highest BCUT2D eigenvalue weighted by Crippen LogP contribution is 2.42. The van der Waals surface area contributed by atoms with Crippen molar-refractivity contribution in [1.82, 2.24) is 5.32 Å². The van der Waals surface area contributed by atoms with E-state index < -0.39 is 0 Å². The van der Waals surface area contributed by atoms with Crippen molar-refractivity contribution in [2.24, 2.45) is 0 Å². The molecule has 2 rings (SSSR count). The largest absolute Gasteiger partial charge is 0.495 e. The van der Waals surface area contributed by atoms with Gasteiger partial charge in [0.25, 0.3) is 5.91 Å². The summed E-state index contributed by atoms with van der Waals surface area (Å²) in [5.41, 5.74) is 6.86. The third-order valence-corrected chi connectivity index (χ3v) is 5.18. The van der Waals surface area contributed by atoms with Gasteiger partial charge in [-0.25, -0.2) is 0 Å². The number of benzene rings is 1. The first-order valence-corrected chi connectivity index (χ1v) is 7.59. The van der Waals surface area contributed by atoms with E-state index >= 15 is 0 Å². The van der Waals surface area contributed by atoms with Crippen molar-refractivity contribution in [2.45, 2.75) is 24.0 Å². The first kappa shape index (κ1) is 14.1. The van der Waals surface area contributed by atoms with Crippen LogP contribution in [-0.4, -0.2) is 30.6 Å². The van der Waals surface area contributed by atoms with E-state index in [-0.39, 0.29) is 10.7 Å². The summed E-state index contributed by atoms with van der Waals surface area (Å²) >= 11 is 1.85. The number of anilines is 1. The van der Waals surface area contributed by atoms with Crippen LogP contribution in [0.2, 0.25) is 0 Å². The number of hydrogen-bond acceptors (Lipinski definition) is 4. The monoisotopic (exact) mass is 280 g/mol. The van der Waals surface area contributed by atoms with Crippen LogP contribution in [0, 0.1) is 0 Å². The zero-order chi connectivity index (χ0) is 13.9. The van der Waals surface area contributed by atoms with E-state index in [1.54, 1.807) is 25.3 Å². The smallest absolute Gasteiger partial charge is 0.251 e. The van der Waals surface area contributed by atoms with Crippen molar-refractivity contribution in [3.63, 3.8) is 0 Å². The van der Waals surface area contributed by atoms with Crippen molar-refractivity contribution in [3.8, 4) is 5.75 Å². The van der Waals surface area contributed by atoms with Gasteiger partial charge in [-0.2, -0.15) is 11.8 Å². The third kappa shape index (κ3) is 2.97. The number of nitrogens with one attached hydrogen (secondary N) is 1. The Hall–Kier alpha value is -1.36. The van der Waals surface area contributed by atoms with Crippen LogP contribution in [-0.2, 0) is 0 Å². The van der Waals surface area contributed by atoms with Crippen LogP contribution in [0.3, 0.4) is 0 Å². The maximum absolute atomic E-state index is 12.1. The molecule has 104 valence electrons. The Balaban J connectivity index is 2.00. The fraction of sp³-hybridized carbons (Fsp3) is 0.500. The lowest BCUT2D eigenvalue weighted by Crippen LogP contribution is -2.45. The van der Waals surface area contributed by atoms with Crippen molar-refractivity contribution in [3.05, 3.63) is 23.8 Å². The Morgan fingerprint density at radius 3 is 2.79 bits per heavy atom. The quantitative estimate of drug-likeness (QED) is 0.812. The van der Waals surface area contributed by atoms with E-state index in [2.05, 4.69) is 11.6 Å². The Labute approximate surface area is 118 Å². The minimum absolute atomic E-state index is 0.0707. The molecule has 1 saturated carbocycles. The highest BCUT2D eigenvalue weighted by Gasteiger charge is 2.36. The molecule has 1 aliphatic carbocycles. The first-order valence-electron chi connectivity index (χ1n) is 6.37. The fourth-order valence-corrected chi connectivity index (χ4v) is 3.13. The molecule has 4 nitrogen and oxygen atoms in total. The Kier molecular flexibility index (Phi) is 4.24. The molecule has 0 bridgehead atoms. The van der Waals surface area contributed by atoms with Crippen molar-refractivity contribution >= 4 is 23.4 Å². The summed E-state index contributed by atoms with van der Waals surface area (Å²) < 4.78 is 5.37. The molecular weight excluding hydrogens is 260 g/mol. The van der Waals surface area contributed by atoms with Crippen molar-refractivity contribution in [2.75, 3.05) is 25.6 Å². The molecule has 19 heavy (non-hydrogen) atoms. The van der Waals surface area contributed by atoms with Crippen LogP contribution in [0.1, 0.15) is 29.6 Å². The van der Waals surface area contributed by atoms with Crippen LogP contribution in [0.25, 0.3) is 0 Å². The molecule has 1 fully saturated rings. The van der Waals surface area contributed by atoms with Gasteiger partial charge in [0, 0.05) is 16.9 Å². The second-order valence-electron chi connectivity index (χ2n) is 4.88. The number of hydrogen-bond donors (Lipinski definition) is 2. The lowest BCUT2D eigenvalue weighted by Gasteiger charge is -2.40. The number of rotatable bonds is 5. The predicted octanol–water partition coefficient (Wildman–Crippen LogP) is 2.29. The van der Waals surface area contributed by atoms with Gasteiger partial charge in [-0.15, -0.1) is 0 Å². The maximum Gasteiger partial charge on any atom is 0.251 e. The first-order chi connectivity index (χ1) is 9.10. The number of carbonyl (C=O) groups excluding carboxylic acids is 1. The Morgan fingerprint density at radius 1 is 1.53 bits per heavy atom. The minimum atomic E-state index is -0.0707. The summed E-state index contributed by atoms with van der Waals surface area (Å²) in [6.07, 6.45) is 5.73. The summed E-state index contributed by atoms with van der Waals surface area (Å²) in [5.74, 6) is 0.467. The van der Waals surface area contributed by atoms with E-state index in [0.29, 0.717) is 17.0 Å². The molecule has 3 N–H and O–H groups in total. The standard InChI is InChI=1S/C14H20N2O2S/c1-18-12-8-10(4-5-11(12)15)13(17)16-9-14(19-2)6-3-7-14/h4-5,8H,3,6-7,9,15H2,1-2H3,(H,16,17). The molecule has 1 amide bonds. The molecule has 0 spiro atoms. The average molecular weight is 280 g/mol. The summed E-state index contributed by atoms with van der Waals surface area (Å²) in [6, 6.07) is 5.10. The number of thioether (sulfide) groups is 1. The van der Waals surface area contributed by atoms with Gasteiger partial charge in [0.1, 0.15) is 5.75 Å². The lowest BCUT2D eigenvalue weighted by atomic mass is 9.84. The molecule has 0 aliphatic heterocycles. The fourth-order valence-electron chi connectivity index (χ4n) is 2.22. The van der Waals surface area contributed by atoms with Gasteiger partial charge in [0.15, 0.2) is 0 Å². The summed E-state index contributed by atoms with van der Waals surface area (Å²) in [5, 5.41) is 3.01. The van der Waals surface area contributed by atoms with Crippen LogP contribution >= 0.6 is 11.8 Å². The Morgan fingerprint density at radius 2 is 2.26 bits per heavy atom.